The summed E-state index contributed by atoms with van der Waals surface area (Å²) >= 11 is 1.73. The number of hydrogen-bond donors (Lipinski definition) is 0. The van der Waals surface area contributed by atoms with Crippen molar-refractivity contribution in [3.63, 3.8) is 0 Å². The first-order valence-corrected chi connectivity index (χ1v) is 8.73. The molecule has 0 saturated carbocycles. The second-order valence-corrected chi connectivity index (χ2v) is 6.58. The van der Waals surface area contributed by atoms with Gasteiger partial charge in [-0.25, -0.2) is 4.98 Å². The van der Waals surface area contributed by atoms with E-state index >= 15 is 0 Å². The van der Waals surface area contributed by atoms with Gasteiger partial charge in [-0.3, -0.25) is 4.79 Å². The minimum absolute atomic E-state index is 0.117. The van der Waals surface area contributed by atoms with Crippen LogP contribution in [0.15, 0.2) is 53.7 Å². The van der Waals surface area contributed by atoms with Crippen LogP contribution in [-0.4, -0.2) is 34.6 Å². The van der Waals surface area contributed by atoms with E-state index in [0.29, 0.717) is 5.56 Å². The highest BCUT2D eigenvalue weighted by Crippen LogP contribution is 2.18. The number of benzene rings is 1. The molecule has 2 heterocycles. The second kappa shape index (κ2) is 7.45. The lowest BCUT2D eigenvalue weighted by molar-refractivity contribution is 0.0792. The fourth-order valence-corrected chi connectivity index (χ4v) is 3.45. The summed E-state index contributed by atoms with van der Waals surface area (Å²) < 4.78 is 0. The molecule has 22 heavy (non-hydrogen) atoms. The summed E-state index contributed by atoms with van der Waals surface area (Å²) in [5.74, 6) is 1.11. The van der Waals surface area contributed by atoms with Crippen LogP contribution < -0.4 is 0 Å². The Morgan fingerprint density at radius 3 is 2.55 bits per heavy atom. The predicted octanol–water partition coefficient (Wildman–Crippen LogP) is 3.65. The van der Waals surface area contributed by atoms with Crippen LogP contribution in [0.3, 0.4) is 0 Å². The van der Waals surface area contributed by atoms with Gasteiger partial charge in [-0.2, -0.15) is 0 Å². The monoisotopic (exact) mass is 312 g/mol. The van der Waals surface area contributed by atoms with E-state index in [2.05, 4.69) is 29.2 Å². The van der Waals surface area contributed by atoms with Crippen molar-refractivity contribution in [3.8, 4) is 0 Å². The Bertz CT molecular complexity index is 607. The summed E-state index contributed by atoms with van der Waals surface area (Å²) in [4.78, 5) is 18.6. The average molecular weight is 312 g/mol. The summed E-state index contributed by atoms with van der Waals surface area (Å²) in [7, 11) is 0. The van der Waals surface area contributed by atoms with E-state index in [1.807, 2.05) is 23.1 Å². The summed E-state index contributed by atoms with van der Waals surface area (Å²) in [6.07, 6.45) is 4.98. The van der Waals surface area contributed by atoms with Gasteiger partial charge in [-0.05, 0) is 37.0 Å². The van der Waals surface area contributed by atoms with Crippen molar-refractivity contribution in [3.05, 3.63) is 59.8 Å². The van der Waals surface area contributed by atoms with Crippen molar-refractivity contribution in [1.29, 1.82) is 0 Å². The molecule has 1 saturated heterocycles. The van der Waals surface area contributed by atoms with Gasteiger partial charge in [-0.15, -0.1) is 11.8 Å². The molecule has 0 bridgehead atoms. The summed E-state index contributed by atoms with van der Waals surface area (Å²) in [5.41, 5.74) is 2.05. The molecule has 2 aromatic rings. The van der Waals surface area contributed by atoms with Crippen LogP contribution in [0.25, 0.3) is 0 Å². The first kappa shape index (κ1) is 15.1. The maximum Gasteiger partial charge on any atom is 0.255 e. The van der Waals surface area contributed by atoms with Gasteiger partial charge in [0.25, 0.3) is 5.91 Å². The number of likely N-dealkylation sites (tertiary alicyclic amines) is 1. The lowest BCUT2D eigenvalue weighted by Gasteiger charge is -2.14. The molecule has 3 rings (SSSR count). The molecular formula is C18H20N2OS. The van der Waals surface area contributed by atoms with Crippen LogP contribution in [0, 0.1) is 0 Å². The first-order chi connectivity index (χ1) is 10.8. The number of hydrogen-bond acceptors (Lipinski definition) is 3. The fraction of sp³-hybridized carbons (Fsp3) is 0.333. The van der Waals surface area contributed by atoms with Crippen LogP contribution in [0.4, 0.5) is 0 Å². The first-order valence-electron chi connectivity index (χ1n) is 7.75. The highest BCUT2D eigenvalue weighted by atomic mass is 32.2. The van der Waals surface area contributed by atoms with Crippen molar-refractivity contribution in [2.24, 2.45) is 0 Å². The molecule has 1 aromatic carbocycles. The minimum atomic E-state index is 0.117. The van der Waals surface area contributed by atoms with Gasteiger partial charge in [0.05, 0.1) is 10.6 Å². The molecule has 4 heteroatoms. The van der Waals surface area contributed by atoms with Crippen molar-refractivity contribution < 1.29 is 4.79 Å². The lowest BCUT2D eigenvalue weighted by Crippen LogP contribution is -2.27. The van der Waals surface area contributed by atoms with Crippen molar-refractivity contribution in [2.45, 2.75) is 24.3 Å². The van der Waals surface area contributed by atoms with E-state index in [9.17, 15) is 4.79 Å². The Labute approximate surface area is 135 Å². The number of pyridine rings is 1. The molecule has 1 amide bonds. The SMILES string of the molecule is O=C(c1ccc(SCCc2ccccc2)nc1)N1CCCC1. The maximum absolute atomic E-state index is 12.2. The highest BCUT2D eigenvalue weighted by molar-refractivity contribution is 7.99. The molecule has 1 aliphatic rings. The zero-order valence-corrected chi connectivity index (χ0v) is 13.4. The Morgan fingerprint density at radius 2 is 1.86 bits per heavy atom. The molecule has 0 aliphatic carbocycles. The van der Waals surface area contributed by atoms with Crippen LogP contribution in [0.5, 0.6) is 0 Å². The largest absolute Gasteiger partial charge is 0.339 e. The predicted molar refractivity (Wildman–Crippen MR) is 90.2 cm³/mol. The van der Waals surface area contributed by atoms with Crippen LogP contribution in [0.1, 0.15) is 28.8 Å². The molecule has 114 valence electrons. The van der Waals surface area contributed by atoms with E-state index < -0.39 is 0 Å². The number of thioether (sulfide) groups is 1. The highest BCUT2D eigenvalue weighted by Gasteiger charge is 2.19. The minimum Gasteiger partial charge on any atom is -0.339 e. The Hall–Kier alpha value is -1.81. The molecular weight excluding hydrogens is 292 g/mol. The number of aromatic nitrogens is 1. The van der Waals surface area contributed by atoms with Crippen LogP contribution >= 0.6 is 11.8 Å². The molecule has 0 unspecified atom stereocenters. The van der Waals surface area contributed by atoms with Gasteiger partial charge >= 0.3 is 0 Å². The van der Waals surface area contributed by atoms with Gasteiger partial charge in [0, 0.05) is 25.0 Å². The van der Waals surface area contributed by atoms with Gasteiger partial charge < -0.3 is 4.90 Å². The van der Waals surface area contributed by atoms with Crippen LogP contribution in [0.2, 0.25) is 0 Å². The number of carbonyl (C=O) groups excluding carboxylic acids is 1. The van der Waals surface area contributed by atoms with Crippen LogP contribution in [-0.2, 0) is 6.42 Å². The third-order valence-electron chi connectivity index (χ3n) is 3.86. The zero-order chi connectivity index (χ0) is 15.2. The number of amides is 1. The number of aryl methyl sites for hydroxylation is 1. The molecule has 3 nitrogen and oxygen atoms in total. The molecule has 1 aromatic heterocycles. The zero-order valence-electron chi connectivity index (χ0n) is 12.6. The third kappa shape index (κ3) is 3.89. The molecule has 0 radical (unpaired) electrons. The molecule has 1 aliphatic heterocycles. The Morgan fingerprint density at radius 1 is 1.09 bits per heavy atom. The van der Waals surface area contributed by atoms with Gasteiger partial charge in [-0.1, -0.05) is 30.3 Å². The summed E-state index contributed by atoms with van der Waals surface area (Å²) in [5, 5.41) is 0.980. The second-order valence-electron chi connectivity index (χ2n) is 5.47. The van der Waals surface area contributed by atoms with E-state index in [1.54, 1.807) is 18.0 Å². The molecule has 1 fully saturated rings. The Balaban J connectivity index is 1.52. The third-order valence-corrected chi connectivity index (χ3v) is 4.81. The van der Waals surface area contributed by atoms with Gasteiger partial charge in [0.2, 0.25) is 0 Å². The number of rotatable bonds is 5. The number of carbonyl (C=O) groups is 1. The summed E-state index contributed by atoms with van der Waals surface area (Å²) in [6, 6.07) is 14.3. The molecule has 0 atom stereocenters. The van der Waals surface area contributed by atoms with Gasteiger partial charge in [0.1, 0.15) is 0 Å². The normalized spacial score (nSPS) is 14.3. The topological polar surface area (TPSA) is 33.2 Å². The number of nitrogens with zero attached hydrogens (tertiary/aromatic N) is 2. The fourth-order valence-electron chi connectivity index (χ4n) is 2.61. The van der Waals surface area contributed by atoms with Gasteiger partial charge in [0.15, 0.2) is 0 Å². The molecule has 0 spiro atoms. The molecule has 0 N–H and O–H groups in total. The smallest absolute Gasteiger partial charge is 0.255 e. The van der Waals surface area contributed by atoms with E-state index in [0.717, 1.165) is 43.1 Å². The van der Waals surface area contributed by atoms with Crippen molar-refractivity contribution >= 4 is 17.7 Å². The Kier molecular flexibility index (Phi) is 5.11. The standard InChI is InChI=1S/C18H20N2OS/c21-18(20-11-4-5-12-20)16-8-9-17(19-14-16)22-13-10-15-6-2-1-3-7-15/h1-3,6-9,14H,4-5,10-13H2. The van der Waals surface area contributed by atoms with E-state index in [4.69, 9.17) is 0 Å². The van der Waals surface area contributed by atoms with E-state index in [-0.39, 0.29) is 5.91 Å². The van der Waals surface area contributed by atoms with Crippen molar-refractivity contribution in [2.75, 3.05) is 18.8 Å². The van der Waals surface area contributed by atoms with E-state index in [1.165, 1.54) is 5.56 Å². The lowest BCUT2D eigenvalue weighted by atomic mass is 10.2. The summed E-state index contributed by atoms with van der Waals surface area (Å²) in [6.45, 7) is 1.76. The maximum atomic E-state index is 12.2. The quantitative estimate of drug-likeness (QED) is 0.790. The average Bonchev–Trinajstić information content (AvgIpc) is 3.10. The van der Waals surface area contributed by atoms with Crippen molar-refractivity contribution in [1.82, 2.24) is 9.88 Å².